The number of hydrogen-bond donors (Lipinski definition) is 1. The van der Waals surface area contributed by atoms with E-state index in [-0.39, 0.29) is 5.91 Å². The third kappa shape index (κ3) is 2.99. The number of amides is 1. The van der Waals surface area contributed by atoms with Gasteiger partial charge in [-0.05, 0) is 24.1 Å². The molecule has 0 spiro atoms. The lowest BCUT2D eigenvalue weighted by Gasteiger charge is -2.23. The van der Waals surface area contributed by atoms with E-state index in [1.165, 1.54) is 0 Å². The number of nitrogens with zero attached hydrogens (tertiary/aromatic N) is 3. The van der Waals surface area contributed by atoms with Gasteiger partial charge in [-0.3, -0.25) is 9.48 Å². The Morgan fingerprint density at radius 3 is 2.70 bits per heavy atom. The van der Waals surface area contributed by atoms with Crippen LogP contribution in [0.25, 0.3) is 0 Å². The minimum absolute atomic E-state index is 0.0184. The Balaban J connectivity index is 2.21. The molecule has 0 aliphatic rings. The fourth-order valence-corrected chi connectivity index (χ4v) is 2.15. The van der Waals surface area contributed by atoms with Crippen LogP contribution in [-0.4, -0.2) is 27.1 Å². The minimum Gasteiger partial charge on any atom is -0.398 e. The van der Waals surface area contributed by atoms with Gasteiger partial charge in [0.1, 0.15) is 5.69 Å². The molecule has 0 fully saturated rings. The minimum atomic E-state index is -0.0184. The molecule has 0 aliphatic carbocycles. The van der Waals surface area contributed by atoms with Crippen molar-refractivity contribution in [3.8, 4) is 0 Å². The van der Waals surface area contributed by atoms with Crippen molar-refractivity contribution in [1.29, 1.82) is 0 Å². The standard InChI is InChI=1S/C15H20N4O/c1-3-10-19(11-12-6-4-5-7-13(12)16)15(20)14-8-9-17-18(14)2/h4-9H,3,10-11,16H2,1-2H3. The van der Waals surface area contributed by atoms with Crippen molar-refractivity contribution >= 4 is 11.6 Å². The summed E-state index contributed by atoms with van der Waals surface area (Å²) in [5.74, 6) is -0.0184. The van der Waals surface area contributed by atoms with Crippen molar-refractivity contribution in [2.75, 3.05) is 12.3 Å². The van der Waals surface area contributed by atoms with Gasteiger partial charge in [-0.2, -0.15) is 5.10 Å². The Morgan fingerprint density at radius 1 is 1.35 bits per heavy atom. The molecule has 106 valence electrons. The molecule has 5 heteroatoms. The van der Waals surface area contributed by atoms with Gasteiger partial charge in [0.05, 0.1) is 0 Å². The summed E-state index contributed by atoms with van der Waals surface area (Å²) in [5, 5.41) is 4.05. The molecule has 2 N–H and O–H groups in total. The first kappa shape index (κ1) is 14.1. The molecule has 20 heavy (non-hydrogen) atoms. The van der Waals surface area contributed by atoms with Crippen LogP contribution < -0.4 is 5.73 Å². The number of benzene rings is 1. The van der Waals surface area contributed by atoms with Crippen molar-refractivity contribution in [3.05, 3.63) is 47.8 Å². The molecular formula is C15H20N4O. The van der Waals surface area contributed by atoms with Gasteiger partial charge in [0.25, 0.3) is 5.91 Å². The smallest absolute Gasteiger partial charge is 0.272 e. The zero-order valence-corrected chi connectivity index (χ0v) is 11.9. The highest BCUT2D eigenvalue weighted by molar-refractivity contribution is 5.92. The molecule has 0 aliphatic heterocycles. The molecule has 0 saturated heterocycles. The molecule has 1 aromatic carbocycles. The van der Waals surface area contributed by atoms with Gasteiger partial charge in [0.15, 0.2) is 0 Å². The van der Waals surface area contributed by atoms with Crippen LogP contribution in [0.2, 0.25) is 0 Å². The summed E-state index contributed by atoms with van der Waals surface area (Å²) in [7, 11) is 1.77. The van der Waals surface area contributed by atoms with E-state index in [0.29, 0.717) is 24.5 Å². The average molecular weight is 272 g/mol. The number of aryl methyl sites for hydroxylation is 1. The number of aromatic nitrogens is 2. The second-order valence-corrected chi connectivity index (χ2v) is 4.77. The Labute approximate surface area is 119 Å². The maximum Gasteiger partial charge on any atom is 0.272 e. The summed E-state index contributed by atoms with van der Waals surface area (Å²) in [6.07, 6.45) is 2.53. The lowest BCUT2D eigenvalue weighted by atomic mass is 10.1. The van der Waals surface area contributed by atoms with Crippen molar-refractivity contribution in [3.63, 3.8) is 0 Å². The van der Waals surface area contributed by atoms with Crippen molar-refractivity contribution in [2.24, 2.45) is 7.05 Å². The van der Waals surface area contributed by atoms with E-state index >= 15 is 0 Å². The number of carbonyl (C=O) groups is 1. The van der Waals surface area contributed by atoms with Crippen LogP contribution in [0.5, 0.6) is 0 Å². The van der Waals surface area contributed by atoms with Gasteiger partial charge in [-0.25, -0.2) is 0 Å². The molecule has 0 radical (unpaired) electrons. The van der Waals surface area contributed by atoms with Crippen LogP contribution in [0.4, 0.5) is 5.69 Å². The van der Waals surface area contributed by atoms with E-state index in [9.17, 15) is 4.79 Å². The van der Waals surface area contributed by atoms with Gasteiger partial charge in [0.2, 0.25) is 0 Å². The van der Waals surface area contributed by atoms with E-state index < -0.39 is 0 Å². The Bertz CT molecular complexity index is 591. The molecule has 1 aromatic heterocycles. The molecule has 0 bridgehead atoms. The van der Waals surface area contributed by atoms with Crippen LogP contribution in [0.15, 0.2) is 36.5 Å². The lowest BCUT2D eigenvalue weighted by Crippen LogP contribution is -2.32. The van der Waals surface area contributed by atoms with E-state index in [4.69, 9.17) is 5.73 Å². The number of carbonyl (C=O) groups excluding carboxylic acids is 1. The van der Waals surface area contributed by atoms with Crippen molar-refractivity contribution < 1.29 is 4.79 Å². The van der Waals surface area contributed by atoms with E-state index in [2.05, 4.69) is 12.0 Å². The number of para-hydroxylation sites is 1. The molecule has 0 atom stereocenters. The number of hydrogen-bond acceptors (Lipinski definition) is 3. The monoisotopic (exact) mass is 272 g/mol. The third-order valence-corrected chi connectivity index (χ3v) is 3.24. The van der Waals surface area contributed by atoms with Crippen LogP contribution >= 0.6 is 0 Å². The molecule has 0 unspecified atom stereocenters. The summed E-state index contributed by atoms with van der Waals surface area (Å²) in [6, 6.07) is 9.37. The Morgan fingerprint density at radius 2 is 2.10 bits per heavy atom. The first-order chi connectivity index (χ1) is 9.63. The topological polar surface area (TPSA) is 64.2 Å². The van der Waals surface area contributed by atoms with Gasteiger partial charge in [-0.1, -0.05) is 25.1 Å². The molecule has 5 nitrogen and oxygen atoms in total. The SMILES string of the molecule is CCCN(Cc1ccccc1N)C(=O)c1ccnn1C. The molecule has 2 aromatic rings. The van der Waals surface area contributed by atoms with Crippen LogP contribution in [0.3, 0.4) is 0 Å². The largest absolute Gasteiger partial charge is 0.398 e. The third-order valence-electron chi connectivity index (χ3n) is 3.24. The lowest BCUT2D eigenvalue weighted by molar-refractivity contribution is 0.0732. The highest BCUT2D eigenvalue weighted by atomic mass is 16.2. The van der Waals surface area contributed by atoms with E-state index in [1.807, 2.05) is 29.2 Å². The first-order valence-electron chi connectivity index (χ1n) is 6.74. The van der Waals surface area contributed by atoms with Crippen LogP contribution in [-0.2, 0) is 13.6 Å². The van der Waals surface area contributed by atoms with E-state index in [1.54, 1.807) is 24.0 Å². The second-order valence-electron chi connectivity index (χ2n) is 4.77. The summed E-state index contributed by atoms with van der Waals surface area (Å²) >= 11 is 0. The predicted molar refractivity (Wildman–Crippen MR) is 79.1 cm³/mol. The summed E-state index contributed by atoms with van der Waals surface area (Å²) in [4.78, 5) is 14.4. The highest BCUT2D eigenvalue weighted by Crippen LogP contribution is 2.15. The molecule has 1 amide bonds. The molecule has 1 heterocycles. The summed E-state index contributed by atoms with van der Waals surface area (Å²) in [5.41, 5.74) is 8.23. The van der Waals surface area contributed by atoms with E-state index in [0.717, 1.165) is 12.0 Å². The van der Waals surface area contributed by atoms with Gasteiger partial charge >= 0.3 is 0 Å². The van der Waals surface area contributed by atoms with Gasteiger partial charge < -0.3 is 10.6 Å². The number of rotatable bonds is 5. The quantitative estimate of drug-likeness (QED) is 0.847. The second kappa shape index (κ2) is 6.23. The first-order valence-corrected chi connectivity index (χ1v) is 6.74. The fraction of sp³-hybridized carbons (Fsp3) is 0.333. The Kier molecular flexibility index (Phi) is 4.40. The fourth-order valence-electron chi connectivity index (χ4n) is 2.15. The molecule has 0 saturated carbocycles. The maximum absolute atomic E-state index is 12.6. The number of nitrogens with two attached hydrogens (primary N) is 1. The van der Waals surface area contributed by atoms with Gasteiger partial charge in [0, 0.05) is 32.0 Å². The predicted octanol–water partition coefficient (Wildman–Crippen LogP) is 2.05. The zero-order valence-electron chi connectivity index (χ0n) is 11.9. The average Bonchev–Trinajstić information content (AvgIpc) is 2.86. The normalized spacial score (nSPS) is 10.5. The number of anilines is 1. The van der Waals surface area contributed by atoms with Crippen LogP contribution in [0, 0.1) is 0 Å². The van der Waals surface area contributed by atoms with Gasteiger partial charge in [-0.15, -0.1) is 0 Å². The highest BCUT2D eigenvalue weighted by Gasteiger charge is 2.18. The van der Waals surface area contributed by atoms with Crippen molar-refractivity contribution in [2.45, 2.75) is 19.9 Å². The number of nitrogen functional groups attached to an aromatic ring is 1. The molecular weight excluding hydrogens is 252 g/mol. The zero-order chi connectivity index (χ0) is 14.5. The maximum atomic E-state index is 12.6. The van der Waals surface area contributed by atoms with Crippen molar-refractivity contribution in [1.82, 2.24) is 14.7 Å². The summed E-state index contributed by atoms with van der Waals surface area (Å²) in [6.45, 7) is 3.26. The Hall–Kier alpha value is -2.30. The van der Waals surface area contributed by atoms with Crippen LogP contribution in [0.1, 0.15) is 29.4 Å². The summed E-state index contributed by atoms with van der Waals surface area (Å²) < 4.78 is 1.60. The molecule has 2 rings (SSSR count).